The summed E-state index contributed by atoms with van der Waals surface area (Å²) in [7, 11) is 0. The highest BCUT2D eigenvalue weighted by atomic mass is 35.5. The average molecular weight is 183 g/mol. The Kier molecular flexibility index (Phi) is 2.82. The monoisotopic (exact) mass is 182 g/mol. The van der Waals surface area contributed by atoms with E-state index in [4.69, 9.17) is 17.3 Å². The second kappa shape index (κ2) is 3.88. The van der Waals surface area contributed by atoms with E-state index < -0.39 is 0 Å². The summed E-state index contributed by atoms with van der Waals surface area (Å²) in [6.07, 6.45) is 5.02. The Morgan fingerprint density at radius 2 is 2.33 bits per heavy atom. The number of hydrogen-bond donors (Lipinski definition) is 1. The van der Waals surface area contributed by atoms with Gasteiger partial charge in [-0.15, -0.1) is 0 Å². The van der Waals surface area contributed by atoms with Gasteiger partial charge in [-0.3, -0.25) is 4.79 Å². The van der Waals surface area contributed by atoms with Gasteiger partial charge in [0.2, 0.25) is 0 Å². The molecule has 0 saturated carbocycles. The third-order valence-electron chi connectivity index (χ3n) is 1.24. The average Bonchev–Trinajstić information content (AvgIpc) is 2.07. The molecule has 0 radical (unpaired) electrons. The number of nitrogens with zero attached hydrogens (tertiary/aromatic N) is 1. The van der Waals surface area contributed by atoms with Crippen LogP contribution in [0.15, 0.2) is 18.3 Å². The Balaban J connectivity index is 3.04. The SMILES string of the molecule is Nc1cnc(Cl)c(C=CC=O)c1. The standard InChI is InChI=1S/C8H7ClN2O/c9-8-6(2-1-3-12)4-7(10)5-11-8/h1-5H,10H2. The molecule has 3 nitrogen and oxygen atoms in total. The van der Waals surface area contributed by atoms with Crippen molar-refractivity contribution >= 4 is 29.7 Å². The zero-order valence-corrected chi connectivity index (χ0v) is 6.95. The van der Waals surface area contributed by atoms with E-state index in [2.05, 4.69) is 4.98 Å². The molecule has 0 unspecified atom stereocenters. The van der Waals surface area contributed by atoms with Crippen molar-refractivity contribution in [3.05, 3.63) is 29.1 Å². The van der Waals surface area contributed by atoms with Crippen LogP contribution in [0.2, 0.25) is 5.15 Å². The summed E-state index contributed by atoms with van der Waals surface area (Å²) in [5.74, 6) is 0. The first kappa shape index (κ1) is 8.74. The Labute approximate surface area is 74.9 Å². The fraction of sp³-hybridized carbons (Fsp3) is 0. The van der Waals surface area contributed by atoms with Crippen molar-refractivity contribution < 1.29 is 4.79 Å². The van der Waals surface area contributed by atoms with Gasteiger partial charge in [0.05, 0.1) is 11.9 Å². The van der Waals surface area contributed by atoms with Gasteiger partial charge in [-0.1, -0.05) is 11.6 Å². The summed E-state index contributed by atoms with van der Waals surface area (Å²) >= 11 is 5.70. The van der Waals surface area contributed by atoms with E-state index in [-0.39, 0.29) is 0 Å². The molecular formula is C8H7ClN2O. The van der Waals surface area contributed by atoms with Crippen molar-refractivity contribution in [2.45, 2.75) is 0 Å². The number of halogens is 1. The molecule has 0 fully saturated rings. The van der Waals surface area contributed by atoms with Crippen LogP contribution < -0.4 is 5.73 Å². The van der Waals surface area contributed by atoms with Crippen LogP contribution in [0.4, 0.5) is 5.69 Å². The Hall–Kier alpha value is -1.35. The van der Waals surface area contributed by atoms with Crippen molar-refractivity contribution in [1.29, 1.82) is 0 Å². The Morgan fingerprint density at radius 1 is 1.58 bits per heavy atom. The van der Waals surface area contributed by atoms with Crippen LogP contribution in [-0.4, -0.2) is 11.3 Å². The summed E-state index contributed by atoms with van der Waals surface area (Å²) in [6, 6.07) is 1.65. The number of aromatic nitrogens is 1. The molecule has 62 valence electrons. The second-order valence-electron chi connectivity index (χ2n) is 2.14. The zero-order chi connectivity index (χ0) is 8.97. The second-order valence-corrected chi connectivity index (χ2v) is 2.50. The van der Waals surface area contributed by atoms with E-state index in [1.165, 1.54) is 12.3 Å². The fourth-order valence-electron chi connectivity index (χ4n) is 0.742. The number of hydrogen-bond acceptors (Lipinski definition) is 3. The molecule has 0 amide bonds. The van der Waals surface area contributed by atoms with E-state index >= 15 is 0 Å². The number of aldehydes is 1. The lowest BCUT2D eigenvalue weighted by Crippen LogP contribution is -1.88. The predicted octanol–water partition coefficient (Wildman–Crippen LogP) is 1.53. The molecule has 1 heterocycles. The molecule has 4 heteroatoms. The highest BCUT2D eigenvalue weighted by molar-refractivity contribution is 6.30. The van der Waals surface area contributed by atoms with E-state index in [0.717, 1.165) is 0 Å². The van der Waals surface area contributed by atoms with Crippen LogP contribution in [0, 0.1) is 0 Å². The van der Waals surface area contributed by atoms with Crippen molar-refractivity contribution in [2.75, 3.05) is 5.73 Å². The van der Waals surface area contributed by atoms with Crippen LogP contribution >= 0.6 is 11.6 Å². The van der Waals surface area contributed by atoms with Crippen molar-refractivity contribution in [1.82, 2.24) is 4.98 Å². The minimum Gasteiger partial charge on any atom is -0.397 e. The van der Waals surface area contributed by atoms with Gasteiger partial charge in [0.1, 0.15) is 11.4 Å². The summed E-state index contributed by atoms with van der Waals surface area (Å²) in [5.41, 5.74) is 6.62. The van der Waals surface area contributed by atoms with Gasteiger partial charge in [0.15, 0.2) is 0 Å². The molecule has 12 heavy (non-hydrogen) atoms. The summed E-state index contributed by atoms with van der Waals surface area (Å²) in [5, 5.41) is 0.335. The first-order valence-electron chi connectivity index (χ1n) is 3.27. The van der Waals surface area contributed by atoms with Crippen LogP contribution in [0.25, 0.3) is 6.08 Å². The highest BCUT2D eigenvalue weighted by Gasteiger charge is 1.96. The van der Waals surface area contributed by atoms with Crippen molar-refractivity contribution in [3.63, 3.8) is 0 Å². The number of nitrogens with two attached hydrogens (primary N) is 1. The van der Waals surface area contributed by atoms with E-state index in [1.54, 1.807) is 12.1 Å². The quantitative estimate of drug-likeness (QED) is 0.429. The molecule has 0 bridgehead atoms. The number of anilines is 1. The maximum absolute atomic E-state index is 9.99. The molecule has 1 rings (SSSR count). The zero-order valence-electron chi connectivity index (χ0n) is 6.20. The smallest absolute Gasteiger partial charge is 0.142 e. The van der Waals surface area contributed by atoms with Crippen molar-refractivity contribution in [2.24, 2.45) is 0 Å². The third kappa shape index (κ3) is 2.07. The molecule has 0 atom stereocenters. The number of nitrogen functional groups attached to an aromatic ring is 1. The van der Waals surface area contributed by atoms with Gasteiger partial charge in [-0.05, 0) is 18.2 Å². The summed E-state index contributed by atoms with van der Waals surface area (Å²) in [6.45, 7) is 0. The van der Waals surface area contributed by atoms with Crippen LogP contribution in [0.5, 0.6) is 0 Å². The molecule has 0 aliphatic carbocycles. The van der Waals surface area contributed by atoms with E-state index in [9.17, 15) is 4.79 Å². The molecule has 0 aliphatic rings. The van der Waals surface area contributed by atoms with Crippen LogP contribution in [0.3, 0.4) is 0 Å². The molecule has 0 aromatic carbocycles. The highest BCUT2D eigenvalue weighted by Crippen LogP contribution is 2.16. The molecule has 2 N–H and O–H groups in total. The lowest BCUT2D eigenvalue weighted by molar-refractivity contribution is -0.104. The van der Waals surface area contributed by atoms with Gasteiger partial charge < -0.3 is 5.73 Å². The molecular weight excluding hydrogens is 176 g/mol. The lowest BCUT2D eigenvalue weighted by atomic mass is 10.2. The van der Waals surface area contributed by atoms with Crippen LogP contribution in [-0.2, 0) is 4.79 Å². The molecule has 0 aliphatic heterocycles. The molecule has 1 aromatic heterocycles. The summed E-state index contributed by atoms with van der Waals surface area (Å²) < 4.78 is 0. The van der Waals surface area contributed by atoms with Gasteiger partial charge >= 0.3 is 0 Å². The topological polar surface area (TPSA) is 56.0 Å². The number of carbonyl (C=O) groups is 1. The minimum absolute atomic E-state index is 0.335. The summed E-state index contributed by atoms with van der Waals surface area (Å²) in [4.78, 5) is 13.8. The largest absolute Gasteiger partial charge is 0.397 e. The molecule has 0 spiro atoms. The molecule has 1 aromatic rings. The third-order valence-corrected chi connectivity index (χ3v) is 1.56. The maximum atomic E-state index is 9.99. The van der Waals surface area contributed by atoms with Gasteiger partial charge in [0, 0.05) is 5.56 Å². The van der Waals surface area contributed by atoms with E-state index in [1.807, 2.05) is 0 Å². The minimum atomic E-state index is 0.335. The maximum Gasteiger partial charge on any atom is 0.142 e. The Bertz CT molecular complexity index is 323. The predicted molar refractivity (Wildman–Crippen MR) is 48.8 cm³/mol. The molecule has 0 saturated heterocycles. The van der Waals surface area contributed by atoms with Gasteiger partial charge in [-0.2, -0.15) is 0 Å². The van der Waals surface area contributed by atoms with Gasteiger partial charge in [0.25, 0.3) is 0 Å². The van der Waals surface area contributed by atoms with Crippen molar-refractivity contribution in [3.8, 4) is 0 Å². The number of pyridine rings is 1. The van der Waals surface area contributed by atoms with Crippen LogP contribution in [0.1, 0.15) is 5.56 Å². The van der Waals surface area contributed by atoms with E-state index in [0.29, 0.717) is 22.7 Å². The number of rotatable bonds is 2. The number of allylic oxidation sites excluding steroid dienone is 1. The first-order valence-corrected chi connectivity index (χ1v) is 3.64. The first-order chi connectivity index (χ1) is 5.74. The fourth-order valence-corrected chi connectivity index (χ4v) is 0.908. The lowest BCUT2D eigenvalue weighted by Gasteiger charge is -1.97. The normalized spacial score (nSPS) is 10.4. The Morgan fingerprint density at radius 3 is 3.00 bits per heavy atom. The van der Waals surface area contributed by atoms with Gasteiger partial charge in [-0.25, -0.2) is 4.98 Å². The number of carbonyl (C=O) groups excluding carboxylic acids is 1.